The Balaban J connectivity index is 1.79. The lowest BCUT2D eigenvalue weighted by Crippen LogP contribution is -1.97. The molecule has 0 bridgehead atoms. The van der Waals surface area contributed by atoms with E-state index in [2.05, 4.69) is 16.8 Å². The Morgan fingerprint density at radius 3 is 2.70 bits per heavy atom. The molecule has 27 heavy (non-hydrogen) atoms. The fourth-order valence-electron chi connectivity index (χ4n) is 2.62. The lowest BCUT2D eigenvalue weighted by molar-refractivity contribution is -0.137. The highest BCUT2D eigenvalue weighted by Gasteiger charge is 2.07. The van der Waals surface area contributed by atoms with Gasteiger partial charge in [0.05, 0.1) is 0 Å². The van der Waals surface area contributed by atoms with Crippen LogP contribution >= 0.6 is 11.3 Å². The van der Waals surface area contributed by atoms with Crippen molar-refractivity contribution in [3.8, 4) is 22.3 Å². The van der Waals surface area contributed by atoms with Crippen molar-refractivity contribution in [2.75, 3.05) is 0 Å². The van der Waals surface area contributed by atoms with Gasteiger partial charge in [-0.25, -0.2) is 4.39 Å². The van der Waals surface area contributed by atoms with Crippen LogP contribution in [-0.2, 0) is 11.2 Å². The number of carboxylic acid groups (broad SMARTS) is 1. The molecule has 0 radical (unpaired) electrons. The van der Waals surface area contributed by atoms with E-state index >= 15 is 0 Å². The van der Waals surface area contributed by atoms with E-state index in [1.165, 1.54) is 17.0 Å². The van der Waals surface area contributed by atoms with E-state index in [1.54, 1.807) is 23.6 Å². The van der Waals surface area contributed by atoms with Crippen molar-refractivity contribution in [2.24, 2.45) is 0 Å². The highest BCUT2D eigenvalue weighted by Crippen LogP contribution is 2.30. The van der Waals surface area contributed by atoms with Gasteiger partial charge in [-0.05, 0) is 62.2 Å². The summed E-state index contributed by atoms with van der Waals surface area (Å²) in [6, 6.07) is 12.4. The molecule has 0 unspecified atom stereocenters. The average molecular weight is 379 g/mol. The van der Waals surface area contributed by atoms with E-state index in [1.807, 2.05) is 31.2 Å². The third-order valence-electron chi connectivity index (χ3n) is 3.98. The first kappa shape index (κ1) is 18.8. The van der Waals surface area contributed by atoms with Crippen molar-refractivity contribution in [1.82, 2.24) is 4.98 Å². The summed E-state index contributed by atoms with van der Waals surface area (Å²) in [5.41, 5.74) is 3.12. The van der Waals surface area contributed by atoms with Crippen LogP contribution in [0.1, 0.15) is 34.5 Å². The van der Waals surface area contributed by atoms with Crippen molar-refractivity contribution in [3.05, 3.63) is 76.2 Å². The highest BCUT2D eigenvalue weighted by molar-refractivity contribution is 7.15. The number of hydrogen-bond acceptors (Lipinski definition) is 3. The molecule has 0 aliphatic carbocycles. The van der Waals surface area contributed by atoms with Crippen LogP contribution in [0.15, 0.2) is 48.7 Å². The zero-order valence-electron chi connectivity index (χ0n) is 14.8. The van der Waals surface area contributed by atoms with Gasteiger partial charge in [0.25, 0.3) is 0 Å². The zero-order valence-corrected chi connectivity index (χ0v) is 15.6. The van der Waals surface area contributed by atoms with Crippen molar-refractivity contribution in [1.29, 1.82) is 0 Å². The number of pyridine rings is 1. The van der Waals surface area contributed by atoms with Crippen LogP contribution < -0.4 is 0 Å². The smallest absolute Gasteiger partial charge is 0.303 e. The van der Waals surface area contributed by atoms with Gasteiger partial charge in [-0.15, -0.1) is 11.3 Å². The van der Waals surface area contributed by atoms with Crippen LogP contribution in [0.3, 0.4) is 0 Å². The molecule has 0 fully saturated rings. The fourth-order valence-corrected chi connectivity index (χ4v) is 3.53. The molecule has 3 rings (SSSR count). The largest absolute Gasteiger partial charge is 0.481 e. The number of carbonyl (C=O) groups is 1. The summed E-state index contributed by atoms with van der Waals surface area (Å²) in [6.45, 7) is 2.03. The topological polar surface area (TPSA) is 50.2 Å². The Kier molecular flexibility index (Phi) is 6.00. The van der Waals surface area contributed by atoms with Gasteiger partial charge in [0.1, 0.15) is 5.82 Å². The molecule has 0 atom stereocenters. The Hall–Kier alpha value is -2.97. The predicted octanol–water partition coefficient (Wildman–Crippen LogP) is 5.06. The van der Waals surface area contributed by atoms with E-state index in [0.29, 0.717) is 18.4 Å². The molecule has 0 saturated heterocycles. The Morgan fingerprint density at radius 1 is 1.19 bits per heavy atom. The minimum absolute atomic E-state index is 0.133. The van der Waals surface area contributed by atoms with Crippen LogP contribution in [0, 0.1) is 24.6 Å². The monoisotopic (exact) mass is 379 g/mol. The number of nitrogens with zero attached hydrogens (tertiary/aromatic N) is 1. The normalized spacial score (nSPS) is 10.3. The van der Waals surface area contributed by atoms with E-state index in [0.717, 1.165) is 21.7 Å². The molecular formula is C22H18FNO2S. The molecule has 2 aromatic heterocycles. The fraction of sp³-hybridized carbons (Fsp3) is 0.182. The summed E-state index contributed by atoms with van der Waals surface area (Å²) >= 11 is 1.65. The SMILES string of the molecule is Cc1ccc(-c2ccc(F)cc2C#Cc2ccc(CCCC(=O)O)nc2)s1. The van der Waals surface area contributed by atoms with Gasteiger partial charge in [-0.3, -0.25) is 9.78 Å². The van der Waals surface area contributed by atoms with E-state index < -0.39 is 5.97 Å². The molecule has 0 aliphatic heterocycles. The van der Waals surface area contributed by atoms with Gasteiger partial charge in [0.15, 0.2) is 0 Å². The van der Waals surface area contributed by atoms with Crippen LogP contribution in [0.2, 0.25) is 0 Å². The first-order valence-corrected chi connectivity index (χ1v) is 9.38. The quantitative estimate of drug-likeness (QED) is 0.630. The van der Waals surface area contributed by atoms with Gasteiger partial charge in [0.2, 0.25) is 0 Å². The summed E-state index contributed by atoms with van der Waals surface area (Å²) < 4.78 is 13.7. The van der Waals surface area contributed by atoms with Crippen molar-refractivity contribution >= 4 is 17.3 Å². The molecule has 3 aromatic rings. The minimum Gasteiger partial charge on any atom is -0.481 e. The second kappa shape index (κ2) is 8.61. The number of aliphatic carboxylic acids is 1. The number of rotatable bonds is 5. The average Bonchev–Trinajstić information content (AvgIpc) is 3.07. The van der Waals surface area contributed by atoms with Crippen LogP contribution in [0.5, 0.6) is 0 Å². The van der Waals surface area contributed by atoms with Gasteiger partial charge in [0, 0.05) is 44.8 Å². The molecule has 136 valence electrons. The number of hydrogen-bond donors (Lipinski definition) is 1. The number of aromatic nitrogens is 1. The van der Waals surface area contributed by atoms with Crippen LogP contribution in [0.25, 0.3) is 10.4 Å². The zero-order chi connectivity index (χ0) is 19.2. The molecule has 0 amide bonds. The van der Waals surface area contributed by atoms with E-state index in [9.17, 15) is 9.18 Å². The van der Waals surface area contributed by atoms with Crippen molar-refractivity contribution in [2.45, 2.75) is 26.2 Å². The third-order valence-corrected chi connectivity index (χ3v) is 5.01. The molecule has 5 heteroatoms. The Bertz CT molecular complexity index is 1010. The third kappa shape index (κ3) is 5.25. The maximum Gasteiger partial charge on any atom is 0.303 e. The second-order valence-electron chi connectivity index (χ2n) is 6.14. The summed E-state index contributed by atoms with van der Waals surface area (Å²) in [5.74, 6) is 4.97. The van der Waals surface area contributed by atoms with Gasteiger partial charge >= 0.3 is 5.97 Å². The number of thiophene rings is 1. The van der Waals surface area contributed by atoms with E-state index in [-0.39, 0.29) is 12.2 Å². The molecular weight excluding hydrogens is 361 g/mol. The summed E-state index contributed by atoms with van der Waals surface area (Å²) in [5, 5.41) is 8.67. The Morgan fingerprint density at radius 2 is 2.04 bits per heavy atom. The second-order valence-corrected chi connectivity index (χ2v) is 7.42. The van der Waals surface area contributed by atoms with Gasteiger partial charge in [-0.2, -0.15) is 0 Å². The predicted molar refractivity (Wildman–Crippen MR) is 105 cm³/mol. The lowest BCUT2D eigenvalue weighted by Gasteiger charge is -2.02. The first-order valence-electron chi connectivity index (χ1n) is 8.56. The molecule has 1 aromatic carbocycles. The maximum atomic E-state index is 13.7. The molecule has 0 saturated carbocycles. The Labute approximate surface area is 161 Å². The van der Waals surface area contributed by atoms with Gasteiger partial charge < -0.3 is 5.11 Å². The standard InChI is InChI=1S/C22H18FNO2S/c1-15-5-12-21(27-15)20-11-9-18(23)13-17(20)8-6-16-7-10-19(24-14-16)3-2-4-22(25)26/h5,7,9-14H,2-4H2,1H3,(H,25,26). The van der Waals surface area contributed by atoms with Crippen LogP contribution in [-0.4, -0.2) is 16.1 Å². The molecule has 1 N–H and O–H groups in total. The maximum absolute atomic E-state index is 13.7. The van der Waals surface area contributed by atoms with Crippen LogP contribution in [0.4, 0.5) is 4.39 Å². The number of carboxylic acids is 1. The number of benzene rings is 1. The lowest BCUT2D eigenvalue weighted by atomic mass is 10.1. The van der Waals surface area contributed by atoms with Gasteiger partial charge in [-0.1, -0.05) is 11.8 Å². The minimum atomic E-state index is -0.802. The molecule has 0 aliphatic rings. The summed E-state index contributed by atoms with van der Waals surface area (Å²) in [7, 11) is 0. The van der Waals surface area contributed by atoms with Crippen molar-refractivity contribution < 1.29 is 14.3 Å². The number of aryl methyl sites for hydroxylation is 2. The number of halogens is 1. The molecule has 3 nitrogen and oxygen atoms in total. The van der Waals surface area contributed by atoms with E-state index in [4.69, 9.17) is 5.11 Å². The molecule has 0 spiro atoms. The summed E-state index contributed by atoms with van der Waals surface area (Å²) in [4.78, 5) is 17.1. The molecule has 2 heterocycles. The summed E-state index contributed by atoms with van der Waals surface area (Å²) in [6.07, 6.45) is 2.97. The highest BCUT2D eigenvalue weighted by atomic mass is 32.1. The first-order chi connectivity index (χ1) is 13.0. The van der Waals surface area contributed by atoms with Crippen molar-refractivity contribution in [3.63, 3.8) is 0 Å².